The average molecular weight is 287 g/mol. The number of rotatable bonds is 6. The molecule has 0 aliphatic heterocycles. The van der Waals surface area contributed by atoms with Gasteiger partial charge in [0.1, 0.15) is 5.69 Å². The smallest absolute Gasteiger partial charge is 0.269 e. The van der Waals surface area contributed by atoms with Gasteiger partial charge in [-0.3, -0.25) is 9.48 Å². The van der Waals surface area contributed by atoms with Crippen molar-refractivity contribution in [2.45, 2.75) is 40.3 Å². The molecule has 1 aromatic heterocycles. The van der Waals surface area contributed by atoms with Gasteiger partial charge in [0, 0.05) is 18.3 Å². The maximum Gasteiger partial charge on any atom is 0.269 e. The van der Waals surface area contributed by atoms with Gasteiger partial charge in [-0.15, -0.1) is 0 Å². The lowest BCUT2D eigenvalue weighted by Gasteiger charge is -2.13. The van der Waals surface area contributed by atoms with Crippen molar-refractivity contribution in [1.82, 2.24) is 15.1 Å². The molecule has 0 fully saturated rings. The predicted molar refractivity (Wildman–Crippen MR) is 73.9 cm³/mol. The van der Waals surface area contributed by atoms with Gasteiger partial charge in [-0.1, -0.05) is 6.92 Å². The van der Waals surface area contributed by atoms with E-state index >= 15 is 0 Å². The summed E-state index contributed by atoms with van der Waals surface area (Å²) in [5.74, 6) is -0.255. The maximum atomic E-state index is 12.1. The maximum absolute atomic E-state index is 12.1. The Hall–Kier alpha value is -1.37. The summed E-state index contributed by atoms with van der Waals surface area (Å²) < 4.78 is 24.6. The van der Waals surface area contributed by atoms with Gasteiger partial charge in [0.05, 0.1) is 11.4 Å². The molecule has 1 amide bonds. The van der Waals surface area contributed by atoms with Gasteiger partial charge < -0.3 is 5.32 Å². The van der Waals surface area contributed by atoms with Crippen LogP contribution in [-0.4, -0.2) is 41.7 Å². The number of aryl methyl sites for hydroxylation is 2. The first kappa shape index (κ1) is 15.7. The monoisotopic (exact) mass is 287 g/mol. The molecule has 0 aromatic carbocycles. The van der Waals surface area contributed by atoms with E-state index in [0.717, 1.165) is 5.69 Å². The molecule has 7 heteroatoms. The van der Waals surface area contributed by atoms with E-state index in [2.05, 4.69) is 10.4 Å². The van der Waals surface area contributed by atoms with Crippen molar-refractivity contribution in [3.63, 3.8) is 0 Å². The summed E-state index contributed by atoms with van der Waals surface area (Å²) in [7, 11) is -3.09. The summed E-state index contributed by atoms with van der Waals surface area (Å²) in [6.45, 7) is 7.59. The van der Waals surface area contributed by atoms with Gasteiger partial charge in [0.25, 0.3) is 5.91 Å². The minimum atomic E-state index is -3.09. The zero-order chi connectivity index (χ0) is 14.6. The highest BCUT2D eigenvalue weighted by molar-refractivity contribution is 7.91. The van der Waals surface area contributed by atoms with Crippen molar-refractivity contribution in [2.75, 3.05) is 11.5 Å². The fourth-order valence-corrected chi connectivity index (χ4v) is 2.89. The van der Waals surface area contributed by atoms with Crippen molar-refractivity contribution in [3.05, 3.63) is 17.5 Å². The molecule has 1 N–H and O–H groups in total. The molecule has 1 aromatic rings. The molecule has 0 saturated carbocycles. The molecular weight excluding hydrogens is 266 g/mol. The minimum Gasteiger partial charge on any atom is -0.347 e. The molecule has 0 aliphatic rings. The number of hydrogen-bond acceptors (Lipinski definition) is 4. The molecule has 0 bridgehead atoms. The molecule has 19 heavy (non-hydrogen) atoms. The van der Waals surface area contributed by atoms with Crippen LogP contribution in [0.5, 0.6) is 0 Å². The van der Waals surface area contributed by atoms with Crippen molar-refractivity contribution in [2.24, 2.45) is 0 Å². The van der Waals surface area contributed by atoms with Crippen LogP contribution in [0.25, 0.3) is 0 Å². The Morgan fingerprint density at radius 1 is 1.47 bits per heavy atom. The third-order valence-corrected chi connectivity index (χ3v) is 4.64. The number of hydrogen-bond donors (Lipinski definition) is 1. The summed E-state index contributed by atoms with van der Waals surface area (Å²) in [6, 6.07) is 1.28. The zero-order valence-electron chi connectivity index (χ0n) is 11.8. The Morgan fingerprint density at radius 2 is 2.11 bits per heavy atom. The van der Waals surface area contributed by atoms with Crippen molar-refractivity contribution >= 4 is 15.7 Å². The zero-order valence-corrected chi connectivity index (χ0v) is 12.6. The first-order valence-electron chi connectivity index (χ1n) is 6.34. The Kier molecular flexibility index (Phi) is 5.11. The number of nitrogens with zero attached hydrogens (tertiary/aromatic N) is 2. The van der Waals surface area contributed by atoms with Crippen molar-refractivity contribution in [3.8, 4) is 0 Å². The molecule has 0 unspecified atom stereocenters. The highest BCUT2D eigenvalue weighted by Gasteiger charge is 2.19. The lowest BCUT2D eigenvalue weighted by molar-refractivity contribution is 0.0933. The Morgan fingerprint density at radius 3 is 2.63 bits per heavy atom. The largest absolute Gasteiger partial charge is 0.347 e. The van der Waals surface area contributed by atoms with Crippen LogP contribution in [0.15, 0.2) is 6.07 Å². The van der Waals surface area contributed by atoms with Crippen LogP contribution in [-0.2, 0) is 16.4 Å². The quantitative estimate of drug-likeness (QED) is 0.837. The molecule has 1 rings (SSSR count). The normalized spacial score (nSPS) is 13.3. The molecule has 108 valence electrons. The first-order valence-corrected chi connectivity index (χ1v) is 8.17. The van der Waals surface area contributed by atoms with Gasteiger partial charge in [0.15, 0.2) is 9.84 Å². The summed E-state index contributed by atoms with van der Waals surface area (Å²) in [4.78, 5) is 12.1. The molecule has 1 atom stereocenters. The fourth-order valence-electron chi connectivity index (χ4n) is 1.81. The fraction of sp³-hybridized carbons (Fsp3) is 0.667. The van der Waals surface area contributed by atoms with E-state index in [4.69, 9.17) is 0 Å². The van der Waals surface area contributed by atoms with Crippen molar-refractivity contribution in [1.29, 1.82) is 0 Å². The van der Waals surface area contributed by atoms with E-state index in [0.29, 0.717) is 12.2 Å². The van der Waals surface area contributed by atoms with E-state index in [1.54, 1.807) is 24.6 Å². The molecule has 0 aliphatic carbocycles. The van der Waals surface area contributed by atoms with E-state index in [9.17, 15) is 13.2 Å². The first-order chi connectivity index (χ1) is 8.79. The SMILES string of the molecule is CCn1nc(C)cc1C(=O)N[C@@H](C)CS(=O)(=O)CC. The molecule has 0 radical (unpaired) electrons. The Bertz CT molecular complexity index is 549. The van der Waals surface area contributed by atoms with E-state index in [1.807, 2.05) is 13.8 Å². The number of aromatic nitrogens is 2. The van der Waals surface area contributed by atoms with Crippen LogP contribution in [0.2, 0.25) is 0 Å². The van der Waals surface area contributed by atoms with E-state index < -0.39 is 15.9 Å². The van der Waals surface area contributed by atoms with Crippen molar-refractivity contribution < 1.29 is 13.2 Å². The Labute approximate surface area is 114 Å². The number of sulfone groups is 1. The number of carbonyl (C=O) groups is 1. The highest BCUT2D eigenvalue weighted by atomic mass is 32.2. The second kappa shape index (κ2) is 6.18. The van der Waals surface area contributed by atoms with Gasteiger partial charge >= 0.3 is 0 Å². The molecular formula is C12H21N3O3S. The predicted octanol–water partition coefficient (Wildman–Crippen LogP) is 0.764. The number of nitrogens with one attached hydrogen (secondary N) is 1. The highest BCUT2D eigenvalue weighted by Crippen LogP contribution is 2.04. The van der Waals surface area contributed by atoms with E-state index in [-0.39, 0.29) is 17.4 Å². The summed E-state index contributed by atoms with van der Waals surface area (Å²) >= 11 is 0. The minimum absolute atomic E-state index is 0.0471. The van der Waals surface area contributed by atoms with Gasteiger partial charge in [-0.05, 0) is 26.8 Å². The molecule has 0 spiro atoms. The topological polar surface area (TPSA) is 81.1 Å². The van der Waals surface area contributed by atoms with Crippen LogP contribution >= 0.6 is 0 Å². The number of carbonyl (C=O) groups excluding carboxylic acids is 1. The van der Waals surface area contributed by atoms with Crippen LogP contribution in [0.4, 0.5) is 0 Å². The molecule has 6 nitrogen and oxygen atoms in total. The lowest BCUT2D eigenvalue weighted by Crippen LogP contribution is -2.38. The second-order valence-corrected chi connectivity index (χ2v) is 6.96. The second-order valence-electron chi connectivity index (χ2n) is 4.56. The van der Waals surface area contributed by atoms with Crippen LogP contribution in [0, 0.1) is 6.92 Å². The Balaban J connectivity index is 2.74. The van der Waals surface area contributed by atoms with Gasteiger partial charge in [-0.25, -0.2) is 8.42 Å². The molecule has 0 saturated heterocycles. The number of amides is 1. The van der Waals surface area contributed by atoms with Crippen LogP contribution < -0.4 is 5.32 Å². The van der Waals surface area contributed by atoms with E-state index in [1.165, 1.54) is 0 Å². The third kappa shape index (κ3) is 4.34. The lowest BCUT2D eigenvalue weighted by atomic mass is 10.3. The summed E-state index contributed by atoms with van der Waals surface area (Å²) in [5.41, 5.74) is 1.22. The average Bonchev–Trinajstić information content (AvgIpc) is 2.69. The van der Waals surface area contributed by atoms with Crippen LogP contribution in [0.3, 0.4) is 0 Å². The van der Waals surface area contributed by atoms with Crippen LogP contribution in [0.1, 0.15) is 37.0 Å². The van der Waals surface area contributed by atoms with Gasteiger partial charge in [-0.2, -0.15) is 5.10 Å². The summed E-state index contributed by atoms with van der Waals surface area (Å²) in [6.07, 6.45) is 0. The third-order valence-electron chi connectivity index (χ3n) is 2.76. The standard InChI is InChI=1S/C12H21N3O3S/c1-5-15-11(7-9(3)14-15)12(16)13-10(4)8-19(17,18)6-2/h7,10H,5-6,8H2,1-4H3,(H,13,16)/t10-/m0/s1. The van der Waals surface area contributed by atoms with Gasteiger partial charge in [0.2, 0.25) is 0 Å². The summed E-state index contributed by atoms with van der Waals surface area (Å²) in [5, 5.41) is 6.88. The molecule has 1 heterocycles.